The molecule has 0 aliphatic rings. The number of rotatable bonds is 9. The van der Waals surface area contributed by atoms with Crippen LogP contribution in [0.25, 0.3) is 11.0 Å². The monoisotopic (exact) mass is 402 g/mol. The summed E-state index contributed by atoms with van der Waals surface area (Å²) >= 11 is 0. The summed E-state index contributed by atoms with van der Waals surface area (Å²) in [6.45, 7) is 8.73. The topological polar surface area (TPSA) is 109 Å². The zero-order chi connectivity index (χ0) is 21.7. The van der Waals surface area contributed by atoms with E-state index in [-0.39, 0.29) is 5.92 Å². The van der Waals surface area contributed by atoms with Gasteiger partial charge in [-0.2, -0.15) is 0 Å². The molecule has 1 aromatic carbocycles. The molecule has 1 N–H and O–H groups in total. The lowest BCUT2D eigenvalue weighted by atomic mass is 10.0. The minimum atomic E-state index is -1.34. The molecule has 29 heavy (non-hydrogen) atoms. The molecule has 0 fully saturated rings. The Labute approximate surface area is 170 Å². The predicted molar refractivity (Wildman–Crippen MR) is 108 cm³/mol. The molecule has 1 aromatic heterocycles. The molecule has 7 heteroatoms. The second kappa shape index (κ2) is 9.58. The van der Waals surface area contributed by atoms with Crippen LogP contribution < -0.4 is 20.8 Å². The molecular formula is C22H28NO6-. The zero-order valence-electron chi connectivity index (χ0n) is 17.5. The van der Waals surface area contributed by atoms with Crippen LogP contribution in [0, 0.1) is 12.8 Å². The summed E-state index contributed by atoms with van der Waals surface area (Å²) in [5.74, 6) is -1.84. The van der Waals surface area contributed by atoms with Crippen molar-refractivity contribution < 1.29 is 23.8 Å². The molecule has 2 atom stereocenters. The highest BCUT2D eigenvalue weighted by molar-refractivity contribution is 5.87. The number of benzene rings is 1. The Morgan fingerprint density at radius 3 is 2.52 bits per heavy atom. The van der Waals surface area contributed by atoms with Crippen LogP contribution in [0.15, 0.2) is 27.4 Å². The van der Waals surface area contributed by atoms with E-state index in [1.165, 1.54) is 13.0 Å². The third kappa shape index (κ3) is 5.37. The molecule has 2 rings (SSSR count). The van der Waals surface area contributed by atoms with Crippen molar-refractivity contribution in [2.75, 3.05) is 0 Å². The Balaban J connectivity index is 2.28. The molecule has 0 aliphatic carbocycles. The number of amides is 1. The van der Waals surface area contributed by atoms with Gasteiger partial charge in [0, 0.05) is 17.0 Å². The van der Waals surface area contributed by atoms with E-state index in [1.54, 1.807) is 26.8 Å². The van der Waals surface area contributed by atoms with E-state index in [4.69, 9.17) is 9.15 Å². The standard InChI is InChI=1S/C22H29NO6/c1-6-7-8-15-11-18(24)29-20-13(4)17(10-9-16(15)20)28-14(5)21(25)23-19(12(2)3)22(26)27/h9-12,14,19H,6-8H2,1-5H3,(H,23,25)(H,26,27)/p-1/t14-,19+/m1/s1. The highest BCUT2D eigenvalue weighted by Crippen LogP contribution is 2.29. The van der Waals surface area contributed by atoms with E-state index in [0.717, 1.165) is 30.2 Å². The Morgan fingerprint density at radius 2 is 1.93 bits per heavy atom. The molecule has 0 aliphatic heterocycles. The molecule has 0 saturated heterocycles. The number of ether oxygens (including phenoxy) is 1. The van der Waals surface area contributed by atoms with Gasteiger partial charge in [0.2, 0.25) is 0 Å². The number of hydrogen-bond donors (Lipinski definition) is 1. The molecular weight excluding hydrogens is 374 g/mol. The lowest BCUT2D eigenvalue weighted by molar-refractivity contribution is -0.309. The van der Waals surface area contributed by atoms with E-state index in [1.807, 2.05) is 6.07 Å². The second-order valence-corrected chi connectivity index (χ2v) is 7.57. The second-order valence-electron chi connectivity index (χ2n) is 7.57. The van der Waals surface area contributed by atoms with Gasteiger partial charge in [-0.05, 0) is 50.3 Å². The Morgan fingerprint density at radius 1 is 1.24 bits per heavy atom. The van der Waals surface area contributed by atoms with Crippen LogP contribution >= 0.6 is 0 Å². The number of carboxylic acids is 1. The highest BCUT2D eigenvalue weighted by Gasteiger charge is 2.23. The maximum atomic E-state index is 12.4. The molecule has 0 radical (unpaired) electrons. The number of carbonyl (C=O) groups is 2. The number of aliphatic carboxylic acids is 1. The lowest BCUT2D eigenvalue weighted by Gasteiger charge is -2.25. The van der Waals surface area contributed by atoms with Gasteiger partial charge in [0.1, 0.15) is 11.3 Å². The van der Waals surface area contributed by atoms with Crippen LogP contribution in [0.4, 0.5) is 0 Å². The highest BCUT2D eigenvalue weighted by atomic mass is 16.5. The number of nitrogens with one attached hydrogen (secondary N) is 1. The van der Waals surface area contributed by atoms with Crippen LogP contribution in [0.3, 0.4) is 0 Å². The van der Waals surface area contributed by atoms with Crippen molar-refractivity contribution in [3.8, 4) is 5.75 Å². The number of aryl methyl sites for hydroxylation is 2. The Kier molecular flexibility index (Phi) is 7.42. The van der Waals surface area contributed by atoms with E-state index in [2.05, 4.69) is 12.2 Å². The van der Waals surface area contributed by atoms with Crippen molar-refractivity contribution in [3.63, 3.8) is 0 Å². The van der Waals surface area contributed by atoms with Crippen LogP contribution in [-0.2, 0) is 16.0 Å². The van der Waals surface area contributed by atoms with Gasteiger partial charge in [-0.15, -0.1) is 0 Å². The summed E-state index contributed by atoms with van der Waals surface area (Å²) in [6.07, 6.45) is 1.80. The van der Waals surface area contributed by atoms with Gasteiger partial charge in [-0.25, -0.2) is 4.79 Å². The van der Waals surface area contributed by atoms with Gasteiger partial charge in [-0.1, -0.05) is 27.2 Å². The molecule has 7 nitrogen and oxygen atoms in total. The quantitative estimate of drug-likeness (QED) is 0.644. The van der Waals surface area contributed by atoms with Crippen molar-refractivity contribution >= 4 is 22.8 Å². The van der Waals surface area contributed by atoms with Crippen molar-refractivity contribution in [1.82, 2.24) is 5.32 Å². The molecule has 1 amide bonds. The number of carbonyl (C=O) groups excluding carboxylic acids is 2. The van der Waals surface area contributed by atoms with Gasteiger partial charge >= 0.3 is 5.63 Å². The van der Waals surface area contributed by atoms with E-state index in [0.29, 0.717) is 16.9 Å². The smallest absolute Gasteiger partial charge is 0.336 e. The number of carboxylic acid groups (broad SMARTS) is 1. The summed E-state index contributed by atoms with van der Waals surface area (Å²) < 4.78 is 11.2. The van der Waals surface area contributed by atoms with Gasteiger partial charge in [-0.3, -0.25) is 4.79 Å². The van der Waals surface area contributed by atoms with Crippen LogP contribution in [0.2, 0.25) is 0 Å². The third-order valence-corrected chi connectivity index (χ3v) is 4.89. The summed E-state index contributed by atoms with van der Waals surface area (Å²) in [7, 11) is 0. The fourth-order valence-electron chi connectivity index (χ4n) is 3.12. The van der Waals surface area contributed by atoms with Crippen molar-refractivity contribution in [3.05, 3.63) is 39.7 Å². The zero-order valence-corrected chi connectivity index (χ0v) is 17.5. The summed E-state index contributed by atoms with van der Waals surface area (Å²) in [6, 6.07) is 3.95. The first-order valence-corrected chi connectivity index (χ1v) is 9.89. The largest absolute Gasteiger partial charge is 0.548 e. The molecule has 1 heterocycles. The number of fused-ring (bicyclic) bond motifs is 1. The molecule has 158 valence electrons. The Hall–Kier alpha value is -2.83. The summed E-state index contributed by atoms with van der Waals surface area (Å²) in [5, 5.41) is 14.5. The minimum absolute atomic E-state index is 0.325. The minimum Gasteiger partial charge on any atom is -0.548 e. The first-order chi connectivity index (χ1) is 13.6. The van der Waals surface area contributed by atoms with Gasteiger partial charge in [0.15, 0.2) is 6.10 Å². The molecule has 0 bridgehead atoms. The maximum absolute atomic E-state index is 12.4. The van der Waals surface area contributed by atoms with E-state index >= 15 is 0 Å². The third-order valence-electron chi connectivity index (χ3n) is 4.89. The van der Waals surface area contributed by atoms with Gasteiger partial charge < -0.3 is 24.4 Å². The Bertz CT molecular complexity index is 946. The average Bonchev–Trinajstić information content (AvgIpc) is 2.65. The van der Waals surface area contributed by atoms with Crippen LogP contribution in [0.5, 0.6) is 5.75 Å². The lowest BCUT2D eigenvalue weighted by Crippen LogP contribution is -2.53. The van der Waals surface area contributed by atoms with Gasteiger partial charge in [0.25, 0.3) is 5.91 Å². The fraction of sp³-hybridized carbons (Fsp3) is 0.500. The SMILES string of the molecule is CCCCc1cc(=O)oc2c(C)c(O[C@H](C)C(=O)N[C@H](C(=O)[O-])C(C)C)ccc12. The van der Waals surface area contributed by atoms with Crippen molar-refractivity contribution in [2.24, 2.45) is 5.92 Å². The number of hydrogen-bond acceptors (Lipinski definition) is 6. The summed E-state index contributed by atoms with van der Waals surface area (Å²) in [4.78, 5) is 35.5. The first kappa shape index (κ1) is 22.5. The molecule has 2 aromatic rings. The van der Waals surface area contributed by atoms with Crippen molar-refractivity contribution in [1.29, 1.82) is 0 Å². The van der Waals surface area contributed by atoms with E-state index in [9.17, 15) is 19.5 Å². The molecule has 0 saturated carbocycles. The average molecular weight is 402 g/mol. The first-order valence-electron chi connectivity index (χ1n) is 9.89. The van der Waals surface area contributed by atoms with Gasteiger partial charge in [0.05, 0.1) is 12.0 Å². The van der Waals surface area contributed by atoms with Crippen LogP contribution in [0.1, 0.15) is 51.7 Å². The fourth-order valence-corrected chi connectivity index (χ4v) is 3.12. The summed E-state index contributed by atoms with van der Waals surface area (Å²) in [5.41, 5.74) is 1.54. The molecule has 0 spiro atoms. The normalized spacial score (nSPS) is 13.3. The van der Waals surface area contributed by atoms with Crippen molar-refractivity contribution in [2.45, 2.75) is 66.0 Å². The van der Waals surface area contributed by atoms with Crippen LogP contribution in [-0.4, -0.2) is 24.0 Å². The molecule has 0 unspecified atom stereocenters. The number of unbranched alkanes of at least 4 members (excludes halogenated alkanes) is 1. The van der Waals surface area contributed by atoms with E-state index < -0.39 is 29.6 Å². The predicted octanol–water partition coefficient (Wildman–Crippen LogP) is 2.10. The maximum Gasteiger partial charge on any atom is 0.336 e.